The van der Waals surface area contributed by atoms with Crippen LogP contribution in [0.1, 0.15) is 16.0 Å². The van der Waals surface area contributed by atoms with E-state index in [0.29, 0.717) is 24.6 Å². The van der Waals surface area contributed by atoms with Crippen molar-refractivity contribution in [1.29, 1.82) is 0 Å². The van der Waals surface area contributed by atoms with Crippen LogP contribution in [-0.4, -0.2) is 39.8 Å². The number of thiophene rings is 1. The fourth-order valence-corrected chi connectivity index (χ4v) is 4.63. The molecule has 1 heterocycles. The Labute approximate surface area is 166 Å². The van der Waals surface area contributed by atoms with E-state index in [1.54, 1.807) is 19.2 Å². The number of sulfonamides is 1. The summed E-state index contributed by atoms with van der Waals surface area (Å²) in [6.07, 6.45) is -4.36. The number of aliphatic imine (C=N–C) groups is 1. The number of alkyl halides is 3. The zero-order valence-corrected chi connectivity index (χ0v) is 17.2. The molecule has 11 heteroatoms. The summed E-state index contributed by atoms with van der Waals surface area (Å²) in [7, 11) is 1.05. The lowest BCUT2D eigenvalue weighted by Gasteiger charge is -2.12. The minimum absolute atomic E-state index is 0.252. The Morgan fingerprint density at radius 1 is 1.07 bits per heavy atom. The highest BCUT2D eigenvalue weighted by molar-refractivity contribution is 7.91. The van der Waals surface area contributed by atoms with Gasteiger partial charge in [-0.1, -0.05) is 12.1 Å². The van der Waals surface area contributed by atoms with Crippen molar-refractivity contribution in [3.05, 3.63) is 52.4 Å². The van der Waals surface area contributed by atoms with E-state index in [4.69, 9.17) is 0 Å². The largest absolute Gasteiger partial charge is 0.416 e. The smallest absolute Gasteiger partial charge is 0.352 e. The van der Waals surface area contributed by atoms with Gasteiger partial charge in [-0.3, -0.25) is 4.99 Å². The number of benzene rings is 1. The number of nitrogens with one attached hydrogen (secondary N) is 2. The zero-order valence-electron chi connectivity index (χ0n) is 15.5. The van der Waals surface area contributed by atoms with Crippen molar-refractivity contribution in [1.82, 2.24) is 14.9 Å². The Balaban J connectivity index is 1.91. The van der Waals surface area contributed by atoms with Crippen LogP contribution in [0.25, 0.3) is 0 Å². The number of hydrogen-bond acceptors (Lipinski definition) is 4. The van der Waals surface area contributed by atoms with Crippen LogP contribution in [0, 0.1) is 0 Å². The summed E-state index contributed by atoms with van der Waals surface area (Å²) in [5.41, 5.74) is -0.0219. The maximum Gasteiger partial charge on any atom is 0.416 e. The summed E-state index contributed by atoms with van der Waals surface area (Å²) in [5, 5.41) is 6.05. The molecule has 2 rings (SSSR count). The van der Waals surface area contributed by atoms with Gasteiger partial charge in [0.1, 0.15) is 4.21 Å². The molecule has 1 aromatic carbocycles. The van der Waals surface area contributed by atoms with Crippen LogP contribution in [-0.2, 0) is 29.3 Å². The molecule has 28 heavy (non-hydrogen) atoms. The lowest BCUT2D eigenvalue weighted by molar-refractivity contribution is -0.137. The van der Waals surface area contributed by atoms with Crippen LogP contribution < -0.4 is 10.6 Å². The minimum atomic E-state index is -4.36. The molecule has 2 aromatic rings. The molecule has 0 atom stereocenters. The summed E-state index contributed by atoms with van der Waals surface area (Å²) in [5.74, 6) is 0.449. The van der Waals surface area contributed by atoms with Gasteiger partial charge < -0.3 is 10.6 Å². The number of guanidine groups is 1. The second-order valence-corrected chi connectivity index (χ2v) is 9.53. The molecular weight excluding hydrogens is 413 g/mol. The first-order valence-electron chi connectivity index (χ1n) is 8.16. The molecule has 0 spiro atoms. The summed E-state index contributed by atoms with van der Waals surface area (Å²) >= 11 is 1.16. The molecule has 2 N–H and O–H groups in total. The average molecular weight is 435 g/mol. The SMILES string of the molecule is CN=C(NCc1ccc(C(F)(F)F)cc1)NCc1ccc(S(=O)(=O)N(C)C)s1. The number of rotatable bonds is 6. The molecular formula is C17H21F3N4O2S2. The standard InChI is InChI=1S/C17H21F3N4O2S2/c1-21-16(22-10-12-4-6-13(7-5-12)17(18,19)20)23-11-14-8-9-15(27-14)28(25,26)24(2)3/h4-9H,10-11H2,1-3H3,(H2,21,22,23). The van der Waals surface area contributed by atoms with Crippen LogP contribution in [0.15, 0.2) is 45.6 Å². The van der Waals surface area contributed by atoms with Gasteiger partial charge in [0.25, 0.3) is 10.0 Å². The first-order valence-corrected chi connectivity index (χ1v) is 10.4. The van der Waals surface area contributed by atoms with Gasteiger partial charge in [-0.15, -0.1) is 11.3 Å². The highest BCUT2D eigenvalue weighted by atomic mass is 32.2. The molecule has 0 fully saturated rings. The summed E-state index contributed by atoms with van der Waals surface area (Å²) in [4.78, 5) is 4.85. The van der Waals surface area contributed by atoms with E-state index in [2.05, 4.69) is 15.6 Å². The third-order valence-electron chi connectivity index (χ3n) is 3.77. The molecule has 6 nitrogen and oxygen atoms in total. The molecule has 0 saturated heterocycles. The van der Waals surface area contributed by atoms with Crippen molar-refractivity contribution in [2.24, 2.45) is 4.99 Å². The predicted molar refractivity (Wildman–Crippen MR) is 104 cm³/mol. The van der Waals surface area contributed by atoms with E-state index < -0.39 is 21.8 Å². The molecule has 0 bridgehead atoms. The van der Waals surface area contributed by atoms with Gasteiger partial charge in [-0.2, -0.15) is 13.2 Å². The van der Waals surface area contributed by atoms with Gasteiger partial charge in [0.05, 0.1) is 12.1 Å². The lowest BCUT2D eigenvalue weighted by atomic mass is 10.1. The normalized spacial score (nSPS) is 13.0. The Morgan fingerprint density at radius 3 is 2.21 bits per heavy atom. The fourth-order valence-electron chi connectivity index (χ4n) is 2.16. The van der Waals surface area contributed by atoms with Gasteiger partial charge in [-0.25, -0.2) is 12.7 Å². The van der Waals surface area contributed by atoms with Crippen molar-refractivity contribution in [3.63, 3.8) is 0 Å². The second-order valence-electron chi connectivity index (χ2n) is 5.98. The minimum Gasteiger partial charge on any atom is -0.352 e. The molecule has 0 aliphatic rings. The lowest BCUT2D eigenvalue weighted by Crippen LogP contribution is -2.36. The first-order chi connectivity index (χ1) is 13.0. The molecule has 154 valence electrons. The van der Waals surface area contributed by atoms with Gasteiger partial charge >= 0.3 is 6.18 Å². The van der Waals surface area contributed by atoms with Gasteiger partial charge in [0.2, 0.25) is 0 Å². The quantitative estimate of drug-likeness (QED) is 0.542. The molecule has 0 saturated carbocycles. The van der Waals surface area contributed by atoms with E-state index in [1.807, 2.05) is 0 Å². The molecule has 0 aliphatic carbocycles. The van der Waals surface area contributed by atoms with Crippen LogP contribution in [0.3, 0.4) is 0 Å². The Bertz CT molecular complexity index is 921. The first kappa shape index (κ1) is 22.2. The monoisotopic (exact) mass is 434 g/mol. The molecule has 1 aromatic heterocycles. The van der Waals surface area contributed by atoms with Crippen molar-refractivity contribution in [2.45, 2.75) is 23.5 Å². The third-order valence-corrected chi connectivity index (χ3v) is 7.13. The Kier molecular flexibility index (Phi) is 7.07. The fraction of sp³-hybridized carbons (Fsp3) is 0.353. The van der Waals surface area contributed by atoms with Crippen LogP contribution in [0.2, 0.25) is 0 Å². The summed E-state index contributed by atoms with van der Waals surface area (Å²) in [6, 6.07) is 8.14. The third kappa shape index (κ3) is 5.69. The van der Waals surface area contributed by atoms with E-state index in [1.165, 1.54) is 26.2 Å². The maximum atomic E-state index is 12.6. The molecule has 0 radical (unpaired) electrons. The van der Waals surface area contributed by atoms with E-state index in [9.17, 15) is 21.6 Å². The molecule has 0 amide bonds. The topological polar surface area (TPSA) is 73.8 Å². The summed E-state index contributed by atoms with van der Waals surface area (Å²) in [6.45, 7) is 0.656. The Hall–Kier alpha value is -2.11. The van der Waals surface area contributed by atoms with Crippen molar-refractivity contribution < 1.29 is 21.6 Å². The molecule has 0 unspecified atom stereocenters. The molecule has 0 aliphatic heterocycles. The highest BCUT2D eigenvalue weighted by Gasteiger charge is 2.29. The van der Waals surface area contributed by atoms with Gasteiger partial charge in [-0.05, 0) is 29.8 Å². The number of halogens is 3. The van der Waals surface area contributed by atoms with Gasteiger partial charge in [0, 0.05) is 32.6 Å². The van der Waals surface area contributed by atoms with Crippen molar-refractivity contribution in [2.75, 3.05) is 21.1 Å². The Morgan fingerprint density at radius 2 is 1.68 bits per heavy atom. The van der Waals surface area contributed by atoms with E-state index in [-0.39, 0.29) is 4.21 Å². The van der Waals surface area contributed by atoms with E-state index in [0.717, 1.165) is 32.7 Å². The van der Waals surface area contributed by atoms with Crippen LogP contribution >= 0.6 is 11.3 Å². The van der Waals surface area contributed by atoms with Gasteiger partial charge in [0.15, 0.2) is 5.96 Å². The van der Waals surface area contributed by atoms with Crippen molar-refractivity contribution >= 4 is 27.3 Å². The van der Waals surface area contributed by atoms with Crippen molar-refractivity contribution in [3.8, 4) is 0 Å². The average Bonchev–Trinajstić information content (AvgIpc) is 3.11. The number of hydrogen-bond donors (Lipinski definition) is 2. The second kappa shape index (κ2) is 8.93. The maximum absolute atomic E-state index is 12.6. The zero-order chi connectivity index (χ0) is 20.9. The van der Waals surface area contributed by atoms with E-state index >= 15 is 0 Å². The highest BCUT2D eigenvalue weighted by Crippen LogP contribution is 2.29. The number of nitrogens with zero attached hydrogens (tertiary/aromatic N) is 2. The summed E-state index contributed by atoms with van der Waals surface area (Å²) < 4.78 is 63.4. The van der Waals surface area contributed by atoms with Crippen LogP contribution in [0.5, 0.6) is 0 Å². The van der Waals surface area contributed by atoms with Crippen LogP contribution in [0.4, 0.5) is 13.2 Å². The predicted octanol–water partition coefficient (Wildman–Crippen LogP) is 2.88.